The highest BCUT2D eigenvalue weighted by atomic mass is 35.5. The molecule has 94 valence electrons. The summed E-state index contributed by atoms with van der Waals surface area (Å²) < 4.78 is 0. The predicted molar refractivity (Wildman–Crippen MR) is 69.5 cm³/mol. The lowest BCUT2D eigenvalue weighted by Gasteiger charge is -2.07. The average Bonchev–Trinajstić information content (AvgIpc) is 2.40. The third-order valence-electron chi connectivity index (χ3n) is 2.29. The normalized spacial score (nSPS) is 10.4. The van der Waals surface area contributed by atoms with Crippen LogP contribution in [0.15, 0.2) is 24.3 Å². The van der Waals surface area contributed by atoms with Gasteiger partial charge in [0.05, 0.1) is 6.61 Å². The van der Waals surface area contributed by atoms with E-state index in [1.807, 2.05) is 24.3 Å². The third-order valence-corrected chi connectivity index (χ3v) is 2.70. The number of rotatable bonds is 4. The fourth-order valence-electron chi connectivity index (χ4n) is 1.35. The van der Waals surface area contributed by atoms with Crippen LogP contribution in [-0.2, 0) is 13.2 Å². The summed E-state index contributed by atoms with van der Waals surface area (Å²) in [4.78, 5) is 3.93. The largest absolute Gasteiger partial charge is 0.392 e. The monoisotopic (exact) mass is 284 g/mol. The molecule has 1 aromatic heterocycles. The molecule has 5 nitrogen and oxygen atoms in total. The number of nitrogens with one attached hydrogen (secondary N) is 1. The molecule has 2 rings (SSSR count). The number of nitrogens with zero attached hydrogens (tertiary/aromatic N) is 3. The van der Waals surface area contributed by atoms with E-state index >= 15 is 0 Å². The molecule has 0 aliphatic rings. The van der Waals surface area contributed by atoms with Crippen molar-refractivity contribution in [3.63, 3.8) is 0 Å². The van der Waals surface area contributed by atoms with Gasteiger partial charge in [-0.1, -0.05) is 35.9 Å². The number of hydrogen-bond acceptors (Lipinski definition) is 5. The van der Waals surface area contributed by atoms with Crippen LogP contribution in [0.1, 0.15) is 11.1 Å². The molecule has 1 aromatic carbocycles. The number of benzene rings is 1. The van der Waals surface area contributed by atoms with Crippen LogP contribution < -0.4 is 5.32 Å². The van der Waals surface area contributed by atoms with Crippen molar-refractivity contribution in [1.82, 2.24) is 15.2 Å². The molecular formula is C11H10Cl2N4O. The fraction of sp³-hybridized carbons (Fsp3) is 0.182. The molecule has 2 aromatic rings. The Morgan fingerprint density at radius 2 is 1.72 bits per heavy atom. The Hall–Kier alpha value is -1.43. The number of aliphatic hydroxyl groups is 1. The van der Waals surface area contributed by atoms with Crippen molar-refractivity contribution in [3.8, 4) is 0 Å². The van der Waals surface area contributed by atoms with Crippen LogP contribution in [0.3, 0.4) is 0 Å². The van der Waals surface area contributed by atoms with Crippen LogP contribution in [0, 0.1) is 0 Å². The molecule has 0 saturated carbocycles. The van der Waals surface area contributed by atoms with Gasteiger partial charge in [0.2, 0.25) is 5.28 Å². The highest BCUT2D eigenvalue weighted by molar-refractivity contribution is 6.32. The molecule has 0 spiro atoms. The summed E-state index contributed by atoms with van der Waals surface area (Å²) in [6, 6.07) is 7.51. The van der Waals surface area contributed by atoms with Crippen molar-refractivity contribution < 1.29 is 5.11 Å². The molecule has 0 aliphatic heterocycles. The topological polar surface area (TPSA) is 70.9 Å². The lowest BCUT2D eigenvalue weighted by Crippen LogP contribution is -2.04. The van der Waals surface area contributed by atoms with Crippen molar-refractivity contribution in [3.05, 3.63) is 45.8 Å². The minimum Gasteiger partial charge on any atom is -0.392 e. The zero-order valence-corrected chi connectivity index (χ0v) is 10.8. The predicted octanol–water partition coefficient (Wildman–Crippen LogP) is 2.28. The molecule has 0 amide bonds. The fourth-order valence-corrected chi connectivity index (χ4v) is 1.62. The van der Waals surface area contributed by atoms with Crippen LogP contribution >= 0.6 is 23.2 Å². The summed E-state index contributed by atoms with van der Waals surface area (Å²) in [6.07, 6.45) is 0. The van der Waals surface area contributed by atoms with Gasteiger partial charge in [-0.15, -0.1) is 10.2 Å². The van der Waals surface area contributed by atoms with Crippen LogP contribution in [0.25, 0.3) is 0 Å². The van der Waals surface area contributed by atoms with E-state index in [2.05, 4.69) is 20.5 Å². The Labute approximate surface area is 114 Å². The molecule has 7 heteroatoms. The molecule has 0 radical (unpaired) electrons. The Bertz CT molecular complexity index is 533. The zero-order valence-electron chi connectivity index (χ0n) is 9.27. The van der Waals surface area contributed by atoms with E-state index < -0.39 is 0 Å². The van der Waals surface area contributed by atoms with Crippen molar-refractivity contribution in [2.24, 2.45) is 0 Å². The minimum absolute atomic E-state index is 0.0327. The van der Waals surface area contributed by atoms with Gasteiger partial charge < -0.3 is 10.4 Å². The van der Waals surface area contributed by atoms with Crippen LogP contribution in [0.2, 0.25) is 10.4 Å². The van der Waals surface area contributed by atoms with Crippen molar-refractivity contribution in [1.29, 1.82) is 0 Å². The second kappa shape index (κ2) is 5.95. The molecule has 0 unspecified atom stereocenters. The van der Waals surface area contributed by atoms with Gasteiger partial charge in [0.15, 0.2) is 11.0 Å². The van der Waals surface area contributed by atoms with Crippen molar-refractivity contribution in [2.45, 2.75) is 13.2 Å². The second-order valence-corrected chi connectivity index (χ2v) is 4.24. The Kier molecular flexibility index (Phi) is 4.30. The quantitative estimate of drug-likeness (QED) is 0.901. The Morgan fingerprint density at radius 1 is 1.06 bits per heavy atom. The first-order chi connectivity index (χ1) is 8.69. The van der Waals surface area contributed by atoms with E-state index in [1.54, 1.807) is 0 Å². The van der Waals surface area contributed by atoms with E-state index in [9.17, 15) is 0 Å². The van der Waals surface area contributed by atoms with Gasteiger partial charge in [0.25, 0.3) is 0 Å². The maximum absolute atomic E-state index is 8.93. The summed E-state index contributed by atoms with van der Waals surface area (Å²) in [5, 5.41) is 19.3. The van der Waals surface area contributed by atoms with Crippen LogP contribution in [0.5, 0.6) is 0 Å². The van der Waals surface area contributed by atoms with Gasteiger partial charge in [-0.25, -0.2) is 0 Å². The summed E-state index contributed by atoms with van der Waals surface area (Å²) in [7, 11) is 0. The number of halogens is 2. The van der Waals surface area contributed by atoms with E-state index in [4.69, 9.17) is 28.3 Å². The standard InChI is InChI=1S/C11H10Cl2N4O/c12-9-10(15-11(13)17-16-9)14-5-7-1-3-8(6-18)4-2-7/h1-4,18H,5-6H2,(H,14,15,17). The maximum Gasteiger partial charge on any atom is 0.245 e. The molecule has 0 saturated heterocycles. The van der Waals surface area contributed by atoms with E-state index in [1.165, 1.54) is 0 Å². The number of hydrogen-bond donors (Lipinski definition) is 2. The van der Waals surface area contributed by atoms with Gasteiger partial charge in [-0.05, 0) is 22.7 Å². The molecule has 0 fully saturated rings. The average molecular weight is 285 g/mol. The van der Waals surface area contributed by atoms with Gasteiger partial charge in [0, 0.05) is 6.54 Å². The first-order valence-corrected chi connectivity index (χ1v) is 5.93. The molecule has 0 bridgehead atoms. The Balaban J connectivity index is 2.04. The van der Waals surface area contributed by atoms with Gasteiger partial charge in [0.1, 0.15) is 0 Å². The van der Waals surface area contributed by atoms with E-state index in [0.717, 1.165) is 11.1 Å². The minimum atomic E-state index is 0.0327. The zero-order chi connectivity index (χ0) is 13.0. The molecular weight excluding hydrogens is 275 g/mol. The van der Waals surface area contributed by atoms with E-state index in [-0.39, 0.29) is 17.0 Å². The van der Waals surface area contributed by atoms with Gasteiger partial charge in [-0.2, -0.15) is 4.98 Å². The first-order valence-electron chi connectivity index (χ1n) is 5.17. The second-order valence-electron chi connectivity index (χ2n) is 3.55. The highest BCUT2D eigenvalue weighted by Crippen LogP contribution is 2.17. The number of aromatic nitrogens is 3. The Morgan fingerprint density at radius 3 is 2.39 bits per heavy atom. The third kappa shape index (κ3) is 3.29. The van der Waals surface area contributed by atoms with Crippen molar-refractivity contribution >= 4 is 29.0 Å². The van der Waals surface area contributed by atoms with Gasteiger partial charge >= 0.3 is 0 Å². The molecule has 18 heavy (non-hydrogen) atoms. The maximum atomic E-state index is 8.93. The molecule has 2 N–H and O–H groups in total. The summed E-state index contributed by atoms with van der Waals surface area (Å²) in [5.74, 6) is 0.392. The lowest BCUT2D eigenvalue weighted by atomic mass is 10.1. The van der Waals surface area contributed by atoms with Gasteiger partial charge in [-0.3, -0.25) is 0 Å². The number of aliphatic hydroxyl groups excluding tert-OH is 1. The molecule has 0 atom stereocenters. The summed E-state index contributed by atoms with van der Waals surface area (Å²) in [6.45, 7) is 0.561. The highest BCUT2D eigenvalue weighted by Gasteiger charge is 2.05. The lowest BCUT2D eigenvalue weighted by molar-refractivity contribution is 0.282. The SMILES string of the molecule is OCc1ccc(CNc2nc(Cl)nnc2Cl)cc1. The molecule has 1 heterocycles. The van der Waals surface area contributed by atoms with Crippen LogP contribution in [0.4, 0.5) is 5.82 Å². The summed E-state index contributed by atoms with van der Waals surface area (Å²) >= 11 is 11.4. The summed E-state index contributed by atoms with van der Waals surface area (Å²) in [5.41, 5.74) is 1.89. The van der Waals surface area contributed by atoms with Crippen LogP contribution in [-0.4, -0.2) is 20.3 Å². The smallest absolute Gasteiger partial charge is 0.245 e. The number of anilines is 1. The van der Waals surface area contributed by atoms with Crippen molar-refractivity contribution in [2.75, 3.05) is 5.32 Å². The first kappa shape index (κ1) is 13.0. The molecule has 0 aliphatic carbocycles. The van der Waals surface area contributed by atoms with E-state index in [0.29, 0.717) is 12.4 Å².